The number of carbonyl (C=O) groups is 2. The Morgan fingerprint density at radius 3 is 2.79 bits per heavy atom. The van der Waals surface area contributed by atoms with Crippen molar-refractivity contribution in [1.29, 1.82) is 0 Å². The molecule has 1 fully saturated rings. The Kier molecular flexibility index (Phi) is 4.75. The Bertz CT molecular complexity index is 1190. The fraction of sp³-hybridized carbons (Fsp3) is 0.421. The molecular weight excluding hydrogens is 400 g/mol. The van der Waals surface area contributed by atoms with Gasteiger partial charge in [-0.15, -0.1) is 0 Å². The van der Waals surface area contributed by atoms with Gasteiger partial charge in [0.25, 0.3) is 5.91 Å². The third-order valence-corrected chi connectivity index (χ3v) is 7.51. The summed E-state index contributed by atoms with van der Waals surface area (Å²) in [7, 11) is -1.58. The Morgan fingerprint density at radius 1 is 1.29 bits per heavy atom. The van der Waals surface area contributed by atoms with Crippen molar-refractivity contribution in [2.24, 2.45) is 18.0 Å². The van der Waals surface area contributed by atoms with Gasteiger partial charge in [0.15, 0.2) is 20.4 Å². The second kappa shape index (κ2) is 6.97. The first kappa shape index (κ1) is 19.1. The number of benzene rings is 1. The van der Waals surface area contributed by atoms with Crippen molar-refractivity contribution in [3.63, 3.8) is 0 Å². The number of thiazole rings is 1. The number of aromatic nitrogens is 1. The molecule has 1 aliphatic heterocycles. The first-order chi connectivity index (χ1) is 13.3. The third kappa shape index (κ3) is 3.33. The molecule has 2 atom stereocenters. The molecule has 28 heavy (non-hydrogen) atoms. The molecule has 1 amide bonds. The molecule has 4 rings (SSSR count). The predicted molar refractivity (Wildman–Crippen MR) is 104 cm³/mol. The van der Waals surface area contributed by atoms with Gasteiger partial charge in [-0.3, -0.25) is 9.59 Å². The number of carbonyl (C=O) groups excluding carboxylic acids is 2. The molecule has 2 aromatic rings. The van der Waals surface area contributed by atoms with Crippen LogP contribution in [0.25, 0.3) is 10.2 Å². The van der Waals surface area contributed by atoms with Crippen LogP contribution in [-0.2, 0) is 31.2 Å². The summed E-state index contributed by atoms with van der Waals surface area (Å²) in [5, 5.41) is 0. The highest BCUT2D eigenvalue weighted by molar-refractivity contribution is 7.90. The zero-order valence-corrected chi connectivity index (χ0v) is 17.2. The quantitative estimate of drug-likeness (QED) is 0.694. The number of Topliss-reactive ketones (excluding diaryl/α,β-unsaturated/α-hetero) is 1. The van der Waals surface area contributed by atoms with Gasteiger partial charge in [0.2, 0.25) is 0 Å². The smallest absolute Gasteiger partial charge is 0.286 e. The van der Waals surface area contributed by atoms with Crippen LogP contribution in [0.15, 0.2) is 39.9 Å². The Balaban J connectivity index is 1.71. The first-order valence-electron chi connectivity index (χ1n) is 9.04. The van der Waals surface area contributed by atoms with Gasteiger partial charge < -0.3 is 9.30 Å². The van der Waals surface area contributed by atoms with Gasteiger partial charge >= 0.3 is 0 Å². The van der Waals surface area contributed by atoms with Gasteiger partial charge in [-0.25, -0.2) is 8.42 Å². The van der Waals surface area contributed by atoms with Gasteiger partial charge in [0.05, 0.1) is 27.3 Å². The lowest BCUT2D eigenvalue weighted by molar-refractivity contribution is -0.130. The molecule has 7 nitrogen and oxygen atoms in total. The first-order valence-corrected chi connectivity index (χ1v) is 11.7. The van der Waals surface area contributed by atoms with Gasteiger partial charge in [-0.05, 0) is 37.5 Å². The van der Waals surface area contributed by atoms with Crippen LogP contribution in [0.4, 0.5) is 0 Å². The molecule has 2 aliphatic rings. The lowest BCUT2D eigenvalue weighted by atomic mass is 9.80. The lowest BCUT2D eigenvalue weighted by Crippen LogP contribution is -2.38. The molecular formula is C19H20N2O5S2. The average Bonchev–Trinajstić information content (AvgIpc) is 2.96. The molecule has 0 spiro atoms. The maximum absolute atomic E-state index is 12.7. The van der Waals surface area contributed by atoms with Crippen molar-refractivity contribution in [3.05, 3.63) is 34.8 Å². The number of amides is 1. The summed E-state index contributed by atoms with van der Waals surface area (Å²) in [6.07, 6.45) is 5.84. The van der Waals surface area contributed by atoms with Crippen LogP contribution in [0.5, 0.6) is 0 Å². The Labute approximate surface area is 166 Å². The van der Waals surface area contributed by atoms with E-state index < -0.39 is 15.7 Å². The van der Waals surface area contributed by atoms with Crippen molar-refractivity contribution < 1.29 is 22.7 Å². The van der Waals surface area contributed by atoms with Crippen LogP contribution in [0.2, 0.25) is 0 Å². The van der Waals surface area contributed by atoms with Crippen LogP contribution in [-0.4, -0.2) is 37.0 Å². The normalized spacial score (nSPS) is 23.3. The minimum Gasteiger partial charge on any atom is -0.496 e. The van der Waals surface area contributed by atoms with Crippen molar-refractivity contribution >= 4 is 43.1 Å². The monoisotopic (exact) mass is 420 g/mol. The van der Waals surface area contributed by atoms with Crippen LogP contribution in [0.3, 0.4) is 0 Å². The van der Waals surface area contributed by atoms with Crippen LogP contribution >= 0.6 is 11.3 Å². The second-order valence-electron chi connectivity index (χ2n) is 7.22. The summed E-state index contributed by atoms with van der Waals surface area (Å²) in [5.41, 5.74) is 0.744. The molecule has 0 radical (unpaired) electrons. The summed E-state index contributed by atoms with van der Waals surface area (Å²) in [6, 6.07) is 4.78. The molecule has 1 aliphatic carbocycles. The molecule has 2 unspecified atom stereocenters. The number of hydrogen-bond donors (Lipinski definition) is 0. The molecule has 0 saturated heterocycles. The standard InChI is InChI=1S/C19H20N2O5S2/c1-21-14-8-7-11(28(2,24)25)9-16(14)27-19(21)20-18(23)13-10-26-15-6-4-3-5-12(15)17(13)22/h7-10,12,15H,3-6H2,1-2H3. The Hall–Kier alpha value is -2.26. The second-order valence-corrected chi connectivity index (χ2v) is 10.2. The fourth-order valence-electron chi connectivity index (χ4n) is 3.73. The molecule has 1 saturated carbocycles. The lowest BCUT2D eigenvalue weighted by Gasteiger charge is -2.33. The number of aryl methyl sites for hydroxylation is 1. The minimum atomic E-state index is -3.33. The SMILES string of the molecule is Cn1c(=NC(=O)C2=COC3CCCCC3C2=O)sc2cc(S(C)(=O)=O)ccc21. The number of sulfone groups is 1. The van der Waals surface area contributed by atoms with Crippen molar-refractivity contribution in [1.82, 2.24) is 4.57 Å². The van der Waals surface area contributed by atoms with Crippen molar-refractivity contribution in [2.45, 2.75) is 36.7 Å². The van der Waals surface area contributed by atoms with E-state index in [-0.39, 0.29) is 28.3 Å². The molecule has 0 bridgehead atoms. The number of ether oxygens (including phenoxy) is 1. The number of ketones is 1. The zero-order valence-electron chi connectivity index (χ0n) is 15.5. The highest BCUT2D eigenvalue weighted by atomic mass is 32.2. The maximum atomic E-state index is 12.7. The molecule has 9 heteroatoms. The predicted octanol–water partition coefficient (Wildman–Crippen LogP) is 2.11. The number of rotatable bonds is 2. The summed E-state index contributed by atoms with van der Waals surface area (Å²) >= 11 is 1.20. The van der Waals surface area contributed by atoms with E-state index in [1.54, 1.807) is 23.7 Å². The van der Waals surface area contributed by atoms with E-state index in [1.165, 1.54) is 23.7 Å². The van der Waals surface area contributed by atoms with Gasteiger partial charge in [-0.2, -0.15) is 4.99 Å². The van der Waals surface area contributed by atoms with Gasteiger partial charge in [0.1, 0.15) is 11.7 Å². The molecule has 1 aromatic heterocycles. The van der Waals surface area contributed by atoms with E-state index in [0.29, 0.717) is 9.50 Å². The molecule has 1 aromatic carbocycles. The summed E-state index contributed by atoms with van der Waals surface area (Å²) in [6.45, 7) is 0. The average molecular weight is 421 g/mol. The van der Waals surface area contributed by atoms with Crippen LogP contribution in [0.1, 0.15) is 25.7 Å². The van der Waals surface area contributed by atoms with Crippen LogP contribution in [0, 0.1) is 5.92 Å². The van der Waals surface area contributed by atoms with Crippen molar-refractivity contribution in [3.8, 4) is 0 Å². The van der Waals surface area contributed by atoms with E-state index in [9.17, 15) is 18.0 Å². The number of fused-ring (bicyclic) bond motifs is 2. The summed E-state index contributed by atoms with van der Waals surface area (Å²) in [5.74, 6) is -1.08. The topological polar surface area (TPSA) is 94.8 Å². The number of hydrogen-bond acceptors (Lipinski definition) is 6. The van der Waals surface area contributed by atoms with Gasteiger partial charge in [-0.1, -0.05) is 17.8 Å². The molecule has 0 N–H and O–H groups in total. The third-order valence-electron chi connectivity index (χ3n) is 5.30. The van der Waals surface area contributed by atoms with E-state index in [4.69, 9.17) is 4.74 Å². The summed E-state index contributed by atoms with van der Waals surface area (Å²) < 4.78 is 31.6. The number of nitrogens with zero attached hydrogens (tertiary/aromatic N) is 2. The minimum absolute atomic E-state index is 0.0163. The van der Waals surface area contributed by atoms with E-state index >= 15 is 0 Å². The van der Waals surface area contributed by atoms with E-state index in [0.717, 1.165) is 37.5 Å². The highest BCUT2D eigenvalue weighted by Gasteiger charge is 2.39. The largest absolute Gasteiger partial charge is 0.496 e. The molecule has 2 heterocycles. The zero-order chi connectivity index (χ0) is 20.1. The van der Waals surface area contributed by atoms with E-state index in [1.807, 2.05) is 0 Å². The van der Waals surface area contributed by atoms with Gasteiger partial charge in [0, 0.05) is 13.3 Å². The molecule has 148 valence electrons. The van der Waals surface area contributed by atoms with Crippen LogP contribution < -0.4 is 4.80 Å². The Morgan fingerprint density at radius 2 is 2.04 bits per heavy atom. The van der Waals surface area contributed by atoms with E-state index in [2.05, 4.69) is 4.99 Å². The highest BCUT2D eigenvalue weighted by Crippen LogP contribution is 2.33. The van der Waals surface area contributed by atoms with Crippen molar-refractivity contribution in [2.75, 3.05) is 6.26 Å². The summed E-state index contributed by atoms with van der Waals surface area (Å²) in [4.78, 5) is 30.1. The fourth-order valence-corrected chi connectivity index (χ4v) is 5.51. The maximum Gasteiger partial charge on any atom is 0.286 e.